The topological polar surface area (TPSA) is 76.8 Å². The van der Waals surface area contributed by atoms with E-state index >= 15 is 0 Å². The van der Waals surface area contributed by atoms with Crippen molar-refractivity contribution in [1.29, 1.82) is 0 Å². The van der Waals surface area contributed by atoms with Gasteiger partial charge in [-0.1, -0.05) is 0 Å². The Morgan fingerprint density at radius 2 is 1.49 bits per heavy atom. The Bertz CT molecular complexity index is 1450. The molecule has 0 radical (unpaired) electrons. The van der Waals surface area contributed by atoms with Gasteiger partial charge >= 0.3 is 6.18 Å². The molecule has 5 rings (SSSR count). The average molecular weight is 543 g/mol. The van der Waals surface area contributed by atoms with Crippen molar-refractivity contribution in [2.75, 3.05) is 18.0 Å². The molecule has 0 N–H and O–H groups in total. The van der Waals surface area contributed by atoms with Gasteiger partial charge in [-0.25, -0.2) is 28.4 Å². The summed E-state index contributed by atoms with van der Waals surface area (Å²) in [4.78, 5) is 26.9. The maximum absolute atomic E-state index is 13.5. The van der Waals surface area contributed by atoms with Crippen LogP contribution in [0.4, 0.5) is 27.9 Å². The number of aromatic nitrogens is 5. The van der Waals surface area contributed by atoms with Gasteiger partial charge in [0, 0.05) is 36.8 Å². The molecule has 39 heavy (non-hydrogen) atoms. The van der Waals surface area contributed by atoms with Crippen LogP contribution < -0.4 is 4.90 Å². The third kappa shape index (κ3) is 6.27. The van der Waals surface area contributed by atoms with Gasteiger partial charge in [-0.3, -0.25) is 4.79 Å². The molecular weight excluding hydrogens is 519 g/mol. The van der Waals surface area contributed by atoms with Crippen LogP contribution in [0.2, 0.25) is 0 Å². The predicted molar refractivity (Wildman–Crippen MR) is 132 cm³/mol. The Labute approximate surface area is 220 Å². The summed E-state index contributed by atoms with van der Waals surface area (Å²) < 4.78 is 67.3. The van der Waals surface area contributed by atoms with Crippen molar-refractivity contribution >= 4 is 11.7 Å². The standard InChI is InChI=1S/C27H23F5N6O/c28-20-5-1-18(2-6-20)24-35-25(19-3-7-21(29)8-4-19)38(36-24)16-22(39)15-17-10-13-37(14-11-17)26-33-12-9-23(34-26)27(30,31)32/h1-9,12,17H,10-11,13-16H2. The number of anilines is 1. The summed E-state index contributed by atoms with van der Waals surface area (Å²) in [6.45, 7) is 0.786. The third-order valence-electron chi connectivity index (χ3n) is 6.55. The summed E-state index contributed by atoms with van der Waals surface area (Å²) in [5.74, 6) is -0.180. The summed E-state index contributed by atoms with van der Waals surface area (Å²) in [7, 11) is 0. The van der Waals surface area contributed by atoms with E-state index in [0.717, 1.165) is 12.3 Å². The van der Waals surface area contributed by atoms with Gasteiger partial charge in [0.25, 0.3) is 0 Å². The highest BCUT2D eigenvalue weighted by Crippen LogP contribution is 2.30. The molecule has 12 heteroatoms. The van der Waals surface area contributed by atoms with E-state index in [9.17, 15) is 26.7 Å². The molecule has 0 atom stereocenters. The molecule has 0 aliphatic carbocycles. The Balaban J connectivity index is 1.26. The summed E-state index contributed by atoms with van der Waals surface area (Å²) in [6, 6.07) is 12.1. The van der Waals surface area contributed by atoms with E-state index in [1.54, 1.807) is 17.0 Å². The predicted octanol–water partition coefficient (Wildman–Crippen LogP) is 5.57. The minimum atomic E-state index is -4.55. The Hall–Kier alpha value is -4.22. The van der Waals surface area contributed by atoms with Crippen LogP contribution in [0.15, 0.2) is 60.8 Å². The number of ketones is 1. The van der Waals surface area contributed by atoms with E-state index in [4.69, 9.17) is 0 Å². The van der Waals surface area contributed by atoms with Crippen LogP contribution in [-0.4, -0.2) is 43.6 Å². The average Bonchev–Trinajstić information content (AvgIpc) is 3.33. The normalized spacial score (nSPS) is 14.5. The molecule has 1 aliphatic rings. The number of halogens is 5. The first-order valence-corrected chi connectivity index (χ1v) is 12.3. The van der Waals surface area contributed by atoms with E-state index in [1.165, 1.54) is 41.1 Å². The lowest BCUT2D eigenvalue weighted by Gasteiger charge is -2.31. The second-order valence-electron chi connectivity index (χ2n) is 9.34. The highest BCUT2D eigenvalue weighted by molar-refractivity contribution is 5.79. The van der Waals surface area contributed by atoms with E-state index < -0.39 is 23.5 Å². The fourth-order valence-corrected chi connectivity index (χ4v) is 4.54. The van der Waals surface area contributed by atoms with Crippen molar-refractivity contribution in [3.63, 3.8) is 0 Å². The minimum absolute atomic E-state index is 0.0227. The number of Topliss-reactive ketones (excluding diaryl/α,β-unsaturated/α-hetero) is 1. The molecule has 1 aliphatic heterocycles. The third-order valence-corrected chi connectivity index (χ3v) is 6.55. The number of hydrogen-bond acceptors (Lipinski definition) is 6. The Morgan fingerprint density at radius 3 is 2.10 bits per heavy atom. The zero-order valence-electron chi connectivity index (χ0n) is 20.6. The van der Waals surface area contributed by atoms with Crippen LogP contribution in [0.1, 0.15) is 25.0 Å². The number of hydrogen-bond donors (Lipinski definition) is 0. The van der Waals surface area contributed by atoms with Crippen molar-refractivity contribution < 1.29 is 26.7 Å². The van der Waals surface area contributed by atoms with E-state index in [2.05, 4.69) is 20.1 Å². The lowest BCUT2D eigenvalue weighted by Crippen LogP contribution is -2.36. The Kier molecular flexibility index (Phi) is 7.36. The fourth-order valence-electron chi connectivity index (χ4n) is 4.54. The number of benzene rings is 2. The minimum Gasteiger partial charge on any atom is -0.341 e. The molecule has 202 valence electrons. The van der Waals surface area contributed by atoms with Crippen molar-refractivity contribution in [3.05, 3.63) is 78.1 Å². The van der Waals surface area contributed by atoms with Gasteiger partial charge in [0.15, 0.2) is 17.4 Å². The Morgan fingerprint density at radius 1 is 0.872 bits per heavy atom. The largest absolute Gasteiger partial charge is 0.433 e. The highest BCUT2D eigenvalue weighted by Gasteiger charge is 2.33. The van der Waals surface area contributed by atoms with Crippen LogP contribution in [0.25, 0.3) is 22.8 Å². The monoisotopic (exact) mass is 542 g/mol. The summed E-state index contributed by atoms with van der Waals surface area (Å²) in [6.07, 6.45) is -2.01. The molecule has 4 aromatic rings. The van der Waals surface area contributed by atoms with Gasteiger partial charge < -0.3 is 4.90 Å². The second-order valence-corrected chi connectivity index (χ2v) is 9.34. The van der Waals surface area contributed by atoms with E-state index in [1.807, 2.05) is 0 Å². The first-order valence-electron chi connectivity index (χ1n) is 12.3. The summed E-state index contributed by atoms with van der Waals surface area (Å²) in [5, 5.41) is 4.47. The summed E-state index contributed by atoms with van der Waals surface area (Å²) >= 11 is 0. The molecule has 2 aromatic heterocycles. The second kappa shape index (κ2) is 10.9. The molecule has 3 heterocycles. The molecule has 0 saturated carbocycles. The maximum atomic E-state index is 13.5. The van der Waals surface area contributed by atoms with Gasteiger partial charge in [0.2, 0.25) is 5.95 Å². The van der Waals surface area contributed by atoms with Crippen LogP contribution in [0.5, 0.6) is 0 Å². The van der Waals surface area contributed by atoms with Crippen LogP contribution in [0.3, 0.4) is 0 Å². The quantitative estimate of drug-likeness (QED) is 0.284. The fraction of sp³-hybridized carbons (Fsp3) is 0.296. The molecule has 0 amide bonds. The summed E-state index contributed by atoms with van der Waals surface area (Å²) in [5.41, 5.74) is 0.143. The zero-order valence-corrected chi connectivity index (χ0v) is 20.6. The van der Waals surface area contributed by atoms with Gasteiger partial charge in [0.1, 0.15) is 23.9 Å². The molecule has 2 aromatic carbocycles. The van der Waals surface area contributed by atoms with E-state index in [-0.39, 0.29) is 30.6 Å². The SMILES string of the molecule is O=C(CC1CCN(c2nccc(C(F)(F)F)n2)CC1)Cn1nc(-c2ccc(F)cc2)nc1-c1ccc(F)cc1. The molecular formula is C27H23F5N6O. The van der Waals surface area contributed by atoms with Crippen LogP contribution in [-0.2, 0) is 17.5 Å². The molecule has 1 fully saturated rings. The van der Waals surface area contributed by atoms with Gasteiger partial charge in [0.05, 0.1) is 0 Å². The first-order chi connectivity index (χ1) is 18.7. The van der Waals surface area contributed by atoms with Crippen LogP contribution >= 0.6 is 0 Å². The maximum Gasteiger partial charge on any atom is 0.433 e. The lowest BCUT2D eigenvalue weighted by molar-refractivity contribution is -0.141. The highest BCUT2D eigenvalue weighted by atomic mass is 19.4. The molecule has 0 unspecified atom stereocenters. The zero-order chi connectivity index (χ0) is 27.6. The smallest absolute Gasteiger partial charge is 0.341 e. The number of rotatable bonds is 7. The number of alkyl halides is 3. The van der Waals surface area contributed by atoms with Crippen molar-refractivity contribution in [2.24, 2.45) is 5.92 Å². The van der Waals surface area contributed by atoms with Gasteiger partial charge in [-0.05, 0) is 73.4 Å². The lowest BCUT2D eigenvalue weighted by atomic mass is 9.92. The number of nitrogens with zero attached hydrogens (tertiary/aromatic N) is 6. The van der Waals surface area contributed by atoms with Crippen molar-refractivity contribution in [1.82, 2.24) is 24.7 Å². The molecule has 7 nitrogen and oxygen atoms in total. The molecule has 0 bridgehead atoms. The molecule has 0 spiro atoms. The number of piperidine rings is 1. The van der Waals surface area contributed by atoms with Crippen molar-refractivity contribution in [3.8, 4) is 22.8 Å². The van der Waals surface area contributed by atoms with E-state index in [0.29, 0.717) is 48.7 Å². The number of carbonyl (C=O) groups excluding carboxylic acids is 1. The van der Waals surface area contributed by atoms with Gasteiger partial charge in [-0.2, -0.15) is 13.2 Å². The molecule has 1 saturated heterocycles. The number of carbonyl (C=O) groups is 1. The van der Waals surface area contributed by atoms with Crippen LogP contribution in [0, 0.1) is 17.6 Å². The first kappa shape index (κ1) is 26.4. The van der Waals surface area contributed by atoms with Gasteiger partial charge in [-0.15, -0.1) is 5.10 Å². The van der Waals surface area contributed by atoms with Crippen molar-refractivity contribution in [2.45, 2.75) is 32.0 Å².